The molecule has 0 saturated carbocycles. The molecule has 1 saturated heterocycles. The Morgan fingerprint density at radius 3 is 2.79 bits per heavy atom. The fourth-order valence-corrected chi connectivity index (χ4v) is 4.09. The van der Waals surface area contributed by atoms with Gasteiger partial charge in [0.1, 0.15) is 24.0 Å². The Kier molecular flexibility index (Phi) is 5.41. The fourth-order valence-electron chi connectivity index (χ4n) is 4.09. The molecule has 3 aromatic heterocycles. The summed E-state index contributed by atoms with van der Waals surface area (Å²) in [5, 5.41) is 4.43. The number of rotatable bonds is 5. The molecule has 4 aromatic rings. The number of ether oxygens (including phenoxy) is 2. The van der Waals surface area contributed by atoms with Crippen molar-refractivity contribution in [2.24, 2.45) is 7.05 Å². The molecule has 1 fully saturated rings. The largest absolute Gasteiger partial charge is 0.471 e. The first kappa shape index (κ1) is 20.9. The van der Waals surface area contributed by atoms with Crippen LogP contribution in [0.15, 0.2) is 42.9 Å². The summed E-state index contributed by atoms with van der Waals surface area (Å²) in [5.41, 5.74) is 3.25. The molecular weight excluding hydrogens is 422 g/mol. The molecule has 0 spiro atoms. The van der Waals surface area contributed by atoms with Crippen LogP contribution in [0.4, 0.5) is 4.79 Å². The average molecular weight is 447 g/mol. The molecule has 170 valence electrons. The number of imidazole rings is 1. The number of carbonyl (C=O) groups is 1. The molecule has 10 nitrogen and oxygen atoms in total. The SMILES string of the molecule is CCn1ncc(-c2nc3c(OC4CCN(C(=O)Oc5ccccc5)C4)ncnc3n2C)c1C. The summed E-state index contributed by atoms with van der Waals surface area (Å²) in [7, 11) is 1.92. The zero-order valence-corrected chi connectivity index (χ0v) is 18.8. The number of benzene rings is 1. The lowest BCUT2D eigenvalue weighted by Gasteiger charge is -2.16. The number of nitrogens with zero attached hydrogens (tertiary/aromatic N) is 7. The number of likely N-dealkylation sites (tertiary alicyclic amines) is 1. The number of fused-ring (bicyclic) bond motifs is 1. The number of carbonyl (C=O) groups excluding carboxylic acids is 1. The van der Waals surface area contributed by atoms with Crippen molar-refractivity contribution in [2.75, 3.05) is 13.1 Å². The van der Waals surface area contributed by atoms with Gasteiger partial charge in [-0.05, 0) is 26.0 Å². The van der Waals surface area contributed by atoms with Gasteiger partial charge in [0.05, 0.1) is 18.3 Å². The second-order valence-electron chi connectivity index (χ2n) is 7.96. The topological polar surface area (TPSA) is 100 Å². The van der Waals surface area contributed by atoms with E-state index in [4.69, 9.17) is 14.5 Å². The van der Waals surface area contributed by atoms with Crippen molar-refractivity contribution in [2.45, 2.75) is 32.9 Å². The van der Waals surface area contributed by atoms with Crippen molar-refractivity contribution < 1.29 is 14.3 Å². The molecule has 0 N–H and O–H groups in total. The maximum atomic E-state index is 12.5. The van der Waals surface area contributed by atoms with Crippen molar-refractivity contribution >= 4 is 17.3 Å². The lowest BCUT2D eigenvalue weighted by Crippen LogP contribution is -2.33. The summed E-state index contributed by atoms with van der Waals surface area (Å²) >= 11 is 0. The molecule has 0 bridgehead atoms. The zero-order valence-electron chi connectivity index (χ0n) is 18.8. The van der Waals surface area contributed by atoms with E-state index in [0.717, 1.165) is 23.6 Å². The number of aryl methyl sites for hydroxylation is 2. The summed E-state index contributed by atoms with van der Waals surface area (Å²) in [6.07, 6.45) is 3.38. The van der Waals surface area contributed by atoms with Gasteiger partial charge in [-0.3, -0.25) is 4.68 Å². The Morgan fingerprint density at radius 2 is 2.03 bits per heavy atom. The minimum Gasteiger partial charge on any atom is -0.471 e. The quantitative estimate of drug-likeness (QED) is 0.463. The molecule has 1 unspecified atom stereocenters. The van der Waals surface area contributed by atoms with Crippen molar-refractivity contribution in [3.05, 3.63) is 48.5 Å². The Morgan fingerprint density at radius 1 is 1.21 bits per heavy atom. The van der Waals surface area contributed by atoms with Crippen LogP contribution in [-0.4, -0.2) is 59.5 Å². The Hall–Kier alpha value is -3.95. The standard InChI is InChI=1S/C23H25N7O3/c1-4-30-15(2)18(12-26-30)20-27-19-21(28(20)3)24-14-25-22(19)32-17-10-11-29(13-17)23(31)33-16-8-6-5-7-9-16/h5-9,12,14,17H,4,10-11,13H2,1-3H3. The molecule has 1 aromatic carbocycles. The van der Waals surface area contributed by atoms with E-state index in [0.29, 0.717) is 42.3 Å². The third kappa shape index (κ3) is 3.88. The van der Waals surface area contributed by atoms with Crippen molar-refractivity contribution in [3.63, 3.8) is 0 Å². The van der Waals surface area contributed by atoms with Crippen molar-refractivity contribution in [1.82, 2.24) is 34.2 Å². The average Bonchev–Trinajstić information content (AvgIpc) is 3.53. The number of amides is 1. The summed E-state index contributed by atoms with van der Waals surface area (Å²) in [6.45, 7) is 5.83. The summed E-state index contributed by atoms with van der Waals surface area (Å²) in [5.74, 6) is 1.68. The van der Waals surface area contributed by atoms with E-state index in [1.165, 1.54) is 6.33 Å². The van der Waals surface area contributed by atoms with Gasteiger partial charge in [0.2, 0.25) is 5.88 Å². The van der Waals surface area contributed by atoms with Crippen LogP contribution in [0.3, 0.4) is 0 Å². The predicted molar refractivity (Wildman–Crippen MR) is 121 cm³/mol. The highest BCUT2D eigenvalue weighted by atomic mass is 16.6. The first-order chi connectivity index (χ1) is 16.0. The summed E-state index contributed by atoms with van der Waals surface area (Å²) < 4.78 is 15.5. The van der Waals surface area contributed by atoms with Gasteiger partial charge >= 0.3 is 6.09 Å². The van der Waals surface area contributed by atoms with Crippen LogP contribution in [0.25, 0.3) is 22.6 Å². The highest BCUT2D eigenvalue weighted by molar-refractivity contribution is 5.81. The summed E-state index contributed by atoms with van der Waals surface area (Å²) in [4.78, 5) is 27.7. The first-order valence-electron chi connectivity index (χ1n) is 10.9. The third-order valence-electron chi connectivity index (χ3n) is 5.90. The van der Waals surface area contributed by atoms with Crippen molar-refractivity contribution in [1.29, 1.82) is 0 Å². The Bertz CT molecular complexity index is 1300. The molecule has 1 aliphatic heterocycles. The maximum absolute atomic E-state index is 12.5. The van der Waals surface area contributed by atoms with Gasteiger partial charge in [0.25, 0.3) is 0 Å². The van der Waals surface area contributed by atoms with E-state index < -0.39 is 0 Å². The molecule has 0 radical (unpaired) electrons. The number of aromatic nitrogens is 6. The molecular formula is C23H25N7O3. The van der Waals surface area contributed by atoms with Gasteiger partial charge in [-0.1, -0.05) is 18.2 Å². The molecule has 1 amide bonds. The molecule has 1 atom stereocenters. The maximum Gasteiger partial charge on any atom is 0.415 e. The van der Waals surface area contributed by atoms with Gasteiger partial charge < -0.3 is 18.9 Å². The highest BCUT2D eigenvalue weighted by Gasteiger charge is 2.30. The van der Waals surface area contributed by atoms with E-state index in [1.807, 2.05) is 47.6 Å². The van der Waals surface area contributed by atoms with Crippen LogP contribution in [0.2, 0.25) is 0 Å². The smallest absolute Gasteiger partial charge is 0.415 e. The molecule has 0 aliphatic carbocycles. The number of hydrogen-bond acceptors (Lipinski definition) is 7. The van der Waals surface area contributed by atoms with Gasteiger partial charge in [-0.15, -0.1) is 0 Å². The van der Waals surface area contributed by atoms with Gasteiger partial charge in [-0.2, -0.15) is 10.1 Å². The van der Waals surface area contributed by atoms with Gasteiger partial charge in [0, 0.05) is 32.3 Å². The normalized spacial score (nSPS) is 15.8. The van der Waals surface area contributed by atoms with E-state index in [-0.39, 0.29) is 12.2 Å². The molecule has 5 rings (SSSR count). The molecule has 4 heterocycles. The van der Waals surface area contributed by atoms with Crippen LogP contribution in [-0.2, 0) is 13.6 Å². The van der Waals surface area contributed by atoms with E-state index in [2.05, 4.69) is 22.0 Å². The summed E-state index contributed by atoms with van der Waals surface area (Å²) in [6, 6.07) is 9.04. The van der Waals surface area contributed by atoms with E-state index >= 15 is 0 Å². The van der Waals surface area contributed by atoms with Crippen LogP contribution in [0.5, 0.6) is 11.6 Å². The molecule has 1 aliphatic rings. The predicted octanol–water partition coefficient (Wildman–Crippen LogP) is 3.21. The zero-order chi connectivity index (χ0) is 22.9. The first-order valence-corrected chi connectivity index (χ1v) is 10.9. The highest BCUT2D eigenvalue weighted by Crippen LogP contribution is 2.30. The lowest BCUT2D eigenvalue weighted by atomic mass is 10.2. The Balaban J connectivity index is 1.34. The van der Waals surface area contributed by atoms with Gasteiger partial charge in [0.15, 0.2) is 11.2 Å². The lowest BCUT2D eigenvalue weighted by molar-refractivity contribution is 0.151. The van der Waals surface area contributed by atoms with Crippen LogP contribution >= 0.6 is 0 Å². The van der Waals surface area contributed by atoms with Crippen LogP contribution in [0, 0.1) is 6.92 Å². The second kappa shape index (κ2) is 8.53. The van der Waals surface area contributed by atoms with Crippen LogP contribution < -0.4 is 9.47 Å². The Labute approximate surface area is 190 Å². The van der Waals surface area contributed by atoms with Crippen molar-refractivity contribution in [3.8, 4) is 23.0 Å². The van der Waals surface area contributed by atoms with Gasteiger partial charge in [-0.25, -0.2) is 14.8 Å². The third-order valence-corrected chi connectivity index (χ3v) is 5.90. The second-order valence-corrected chi connectivity index (χ2v) is 7.96. The number of para-hydroxylation sites is 1. The fraction of sp³-hybridized carbons (Fsp3) is 0.348. The minimum absolute atomic E-state index is 0.207. The van der Waals surface area contributed by atoms with E-state index in [1.54, 1.807) is 17.0 Å². The monoisotopic (exact) mass is 447 g/mol. The molecule has 10 heteroatoms. The van der Waals surface area contributed by atoms with Crippen LogP contribution in [0.1, 0.15) is 19.0 Å². The minimum atomic E-state index is -0.385. The number of hydrogen-bond donors (Lipinski definition) is 0. The van der Waals surface area contributed by atoms with E-state index in [9.17, 15) is 4.79 Å². The molecule has 33 heavy (non-hydrogen) atoms.